The topological polar surface area (TPSA) is 307 Å². The first-order valence-corrected chi connectivity index (χ1v) is 28.4. The molecule has 398 valence electrons. The van der Waals surface area contributed by atoms with Gasteiger partial charge in [0.1, 0.15) is 12.0 Å². The average molecular weight is 1110 g/mol. The number of hydrogen-bond acceptors (Lipinski definition) is 16. The van der Waals surface area contributed by atoms with E-state index in [9.17, 15) is 60.4 Å². The zero-order valence-corrected chi connectivity index (χ0v) is 43.2. The third-order valence-corrected chi connectivity index (χ3v) is 19.0. The first-order chi connectivity index (χ1) is 36.7. The number of fused-ring (bicyclic) bond motifs is 2. The molecule has 0 aliphatic carbocycles. The number of rotatable bonds is 17. The molecular weight excluding hydrogens is 1060 g/mol. The number of nitrogens with two attached hydrogens (primary N) is 1. The van der Waals surface area contributed by atoms with Gasteiger partial charge in [0.25, 0.3) is 17.1 Å². The van der Waals surface area contributed by atoms with Crippen molar-refractivity contribution >= 4 is 85.2 Å². The number of nitrogens with zero attached hydrogens (tertiary/aromatic N) is 7. The van der Waals surface area contributed by atoms with Gasteiger partial charge in [-0.15, -0.1) is 0 Å². The molecule has 2 bridgehead atoms. The van der Waals surface area contributed by atoms with Crippen molar-refractivity contribution in [2.24, 2.45) is 5.73 Å². The van der Waals surface area contributed by atoms with Crippen LogP contribution >= 0.6 is 0 Å². The molecule has 0 spiro atoms. The number of nitro benzene ring substituents is 3. The number of nitro groups is 3. The van der Waals surface area contributed by atoms with Crippen LogP contribution in [0.3, 0.4) is 0 Å². The van der Waals surface area contributed by atoms with Gasteiger partial charge in [0.2, 0.25) is 30.1 Å². The summed E-state index contributed by atoms with van der Waals surface area (Å²) in [5, 5.41) is 42.6. The molecule has 2 N–H and O–H groups in total. The van der Waals surface area contributed by atoms with Crippen molar-refractivity contribution in [2.45, 2.75) is 66.1 Å². The number of aromatic nitrogens is 1. The minimum atomic E-state index is -4.95. The smallest absolute Gasteiger partial charge is 0.289 e. The predicted octanol–water partition coefficient (Wildman–Crippen LogP) is 8.29. The standard InChI is InChI=1S/C52H48N8O14S3/c53-50(20-8-4-16-46(61)41-25-23-37-22-21-35-11-9-12-36-24-26-42(41)52(37)51(35)36)74-40-31-38-33-56(76(70,71)48-18-6-2-14-44(48)59(64)65)28-10-27-55(75(68,69)47-17-5-1-13-43(47)58(62)63)29-30-57(34-39(32-40)54-38)77(72,73)49-19-7-3-15-45(49)60(66)67/h1-3,5-7,9,11-15,17-19,21-26,31-32,50H,4,8,10,16,20,27-30,33-34,53H2. The number of carbonyl (C=O) groups excluding carboxylic acids is 1. The van der Waals surface area contributed by atoms with Crippen LogP contribution in [-0.2, 0) is 43.2 Å². The quantitative estimate of drug-likeness (QED) is 0.0224. The van der Waals surface area contributed by atoms with E-state index in [1.807, 2.05) is 48.5 Å². The third kappa shape index (κ3) is 11.0. The molecule has 0 amide bonds. The number of Topliss-reactive ketones (excluding diaryl/α,β-unsaturated/α-hetero) is 1. The van der Waals surface area contributed by atoms with Crippen LogP contribution in [0.1, 0.15) is 53.8 Å². The summed E-state index contributed by atoms with van der Waals surface area (Å²) >= 11 is 0. The van der Waals surface area contributed by atoms with Crippen molar-refractivity contribution in [1.82, 2.24) is 17.9 Å². The largest absolute Gasteiger partial charge is 0.475 e. The molecule has 1 aliphatic rings. The van der Waals surface area contributed by atoms with Crippen molar-refractivity contribution in [1.29, 1.82) is 0 Å². The Bertz CT molecular complexity index is 3960. The second-order valence-electron chi connectivity index (χ2n) is 18.2. The number of ether oxygens (including phenoxy) is 1. The second-order valence-corrected chi connectivity index (χ2v) is 23.9. The summed E-state index contributed by atoms with van der Waals surface area (Å²) in [5.74, 6) is -0.0867. The van der Waals surface area contributed by atoms with Gasteiger partial charge in [0.15, 0.2) is 20.5 Å². The molecule has 2 heterocycles. The van der Waals surface area contributed by atoms with Gasteiger partial charge in [-0.3, -0.25) is 45.9 Å². The highest BCUT2D eigenvalue weighted by molar-refractivity contribution is 7.90. The van der Waals surface area contributed by atoms with Crippen LogP contribution in [-0.4, -0.2) is 96.1 Å². The van der Waals surface area contributed by atoms with E-state index in [4.69, 9.17) is 10.5 Å². The minimum Gasteiger partial charge on any atom is -0.475 e. The van der Waals surface area contributed by atoms with E-state index in [0.717, 1.165) is 81.6 Å². The van der Waals surface area contributed by atoms with Crippen LogP contribution in [0.2, 0.25) is 0 Å². The summed E-state index contributed by atoms with van der Waals surface area (Å²) in [6, 6.07) is 34.1. The summed E-state index contributed by atoms with van der Waals surface area (Å²) in [4.78, 5) is 50.0. The Morgan fingerprint density at radius 2 is 1.00 bits per heavy atom. The van der Waals surface area contributed by atoms with Crippen molar-refractivity contribution in [3.8, 4) is 5.75 Å². The maximum Gasteiger partial charge on any atom is 0.289 e. The van der Waals surface area contributed by atoms with Crippen molar-refractivity contribution < 1.29 is 49.6 Å². The Morgan fingerprint density at radius 3 is 1.53 bits per heavy atom. The SMILES string of the molecule is NC(CCCCC(=O)c1ccc2ccc3cccc4ccc1c2c34)Oc1cc2nc(c1)CN(S(=O)(=O)c1ccccc1[N+](=O)[O-])CCN(S(=O)(=O)c1ccccc1[N+](=O)[O-])CCCN(S(=O)(=O)c1ccccc1[N+](=O)[O-])C2. The lowest BCUT2D eigenvalue weighted by Gasteiger charge is -2.27. The lowest BCUT2D eigenvalue weighted by Crippen LogP contribution is -2.42. The van der Waals surface area contributed by atoms with Crippen molar-refractivity contribution in [2.75, 3.05) is 26.2 Å². The molecule has 0 saturated carbocycles. The third-order valence-electron chi connectivity index (χ3n) is 13.3. The monoisotopic (exact) mass is 1100 g/mol. The number of unbranched alkanes of at least 4 members (excludes halogenated alkanes) is 1. The molecule has 1 aromatic heterocycles. The highest BCUT2D eigenvalue weighted by atomic mass is 32.2. The predicted molar refractivity (Wildman–Crippen MR) is 284 cm³/mol. The molecule has 8 aromatic rings. The number of para-hydroxylation sites is 3. The van der Waals surface area contributed by atoms with Gasteiger partial charge in [0, 0.05) is 68.5 Å². The fourth-order valence-corrected chi connectivity index (χ4v) is 14.4. The molecule has 9 rings (SSSR count). The van der Waals surface area contributed by atoms with E-state index in [1.165, 1.54) is 48.5 Å². The number of hydrogen-bond donors (Lipinski definition) is 1. The Hall–Kier alpha value is -7.91. The number of sulfonamides is 3. The normalized spacial score (nSPS) is 15.1. The molecule has 77 heavy (non-hydrogen) atoms. The maximum absolute atomic E-state index is 14.7. The van der Waals surface area contributed by atoms with Crippen molar-refractivity contribution in [3.05, 3.63) is 187 Å². The maximum atomic E-state index is 14.7. The van der Waals surface area contributed by atoms with E-state index in [1.54, 1.807) is 0 Å². The van der Waals surface area contributed by atoms with Crippen molar-refractivity contribution in [3.63, 3.8) is 0 Å². The molecule has 1 unspecified atom stereocenters. The van der Waals surface area contributed by atoms with E-state index < -0.39 is 122 Å². The molecule has 7 aromatic carbocycles. The molecule has 0 radical (unpaired) electrons. The molecular formula is C52H48N8O14S3. The zero-order valence-electron chi connectivity index (χ0n) is 40.8. The Labute approximate surface area is 441 Å². The van der Waals surface area contributed by atoms with Gasteiger partial charge in [-0.25, -0.2) is 25.3 Å². The lowest BCUT2D eigenvalue weighted by molar-refractivity contribution is -0.388. The van der Waals surface area contributed by atoms with Gasteiger partial charge in [-0.2, -0.15) is 12.9 Å². The van der Waals surface area contributed by atoms with Crippen LogP contribution in [0, 0.1) is 30.3 Å². The van der Waals surface area contributed by atoms with Crippen LogP contribution in [0.15, 0.2) is 154 Å². The second kappa shape index (κ2) is 22.0. The molecule has 1 atom stereocenters. The average Bonchev–Trinajstić information content (AvgIpc) is 3.43. The number of carbonyl (C=O) groups is 1. The highest BCUT2D eigenvalue weighted by Gasteiger charge is 2.38. The summed E-state index contributed by atoms with van der Waals surface area (Å²) in [6.07, 6.45) is -0.174. The fourth-order valence-electron chi connectivity index (χ4n) is 9.65. The van der Waals surface area contributed by atoms with E-state index >= 15 is 0 Å². The van der Waals surface area contributed by atoms with Crippen LogP contribution < -0.4 is 10.5 Å². The fraction of sp³-hybridized carbons (Fsp3) is 0.231. The number of ketones is 1. The van der Waals surface area contributed by atoms with Crippen LogP contribution in [0.4, 0.5) is 17.1 Å². The molecule has 0 saturated heterocycles. The zero-order chi connectivity index (χ0) is 54.8. The molecule has 1 aliphatic heterocycles. The Balaban J connectivity index is 1.04. The summed E-state index contributed by atoms with van der Waals surface area (Å²) < 4.78 is 96.1. The Morgan fingerprint density at radius 1 is 0.558 bits per heavy atom. The molecule has 22 nitrogen and oxygen atoms in total. The summed E-state index contributed by atoms with van der Waals surface area (Å²) in [6.45, 7) is -3.92. The molecule has 0 fully saturated rings. The van der Waals surface area contributed by atoms with Gasteiger partial charge < -0.3 is 4.74 Å². The lowest BCUT2D eigenvalue weighted by atomic mass is 9.90. The van der Waals surface area contributed by atoms with Crippen LogP contribution in [0.5, 0.6) is 5.75 Å². The van der Waals surface area contributed by atoms with E-state index in [2.05, 4.69) is 11.1 Å². The van der Waals surface area contributed by atoms with Gasteiger partial charge in [-0.1, -0.05) is 91.0 Å². The Kier molecular flexibility index (Phi) is 15.4. The van der Waals surface area contributed by atoms with E-state index in [0.29, 0.717) is 18.4 Å². The molecule has 25 heteroatoms. The number of pyridine rings is 1. The van der Waals surface area contributed by atoms with Gasteiger partial charge >= 0.3 is 0 Å². The van der Waals surface area contributed by atoms with Gasteiger partial charge in [0.05, 0.1) is 39.2 Å². The summed E-state index contributed by atoms with van der Waals surface area (Å²) in [7, 11) is -14.7. The van der Waals surface area contributed by atoms with Gasteiger partial charge in [-0.05, 0) is 76.2 Å². The first-order valence-electron chi connectivity index (χ1n) is 24.1. The summed E-state index contributed by atoms with van der Waals surface area (Å²) in [5.41, 5.74) is 4.57. The van der Waals surface area contributed by atoms with Crippen LogP contribution in [0.25, 0.3) is 32.3 Å². The number of benzene rings is 7. The van der Waals surface area contributed by atoms with E-state index in [-0.39, 0.29) is 42.2 Å². The first kappa shape index (κ1) is 53.9. The highest BCUT2D eigenvalue weighted by Crippen LogP contribution is 2.37. The minimum absolute atomic E-state index is 0.0243.